The summed E-state index contributed by atoms with van der Waals surface area (Å²) in [6, 6.07) is 20.3. The van der Waals surface area contributed by atoms with Gasteiger partial charge < -0.3 is 10.2 Å². The zero-order valence-electron chi connectivity index (χ0n) is 16.6. The summed E-state index contributed by atoms with van der Waals surface area (Å²) < 4.78 is 0. The lowest BCUT2D eigenvalue weighted by atomic mass is 9.93. The van der Waals surface area contributed by atoms with Crippen molar-refractivity contribution in [2.75, 3.05) is 13.1 Å². The maximum Gasteiger partial charge on any atom is 0.230 e. The normalized spacial score (nSPS) is 15.8. The Morgan fingerprint density at radius 3 is 2.21 bits per heavy atom. The maximum atomic E-state index is 13.0. The molecule has 4 nitrogen and oxygen atoms in total. The topological polar surface area (TPSA) is 49.4 Å². The zero-order chi connectivity index (χ0) is 19.8. The molecule has 0 spiro atoms. The van der Waals surface area contributed by atoms with Gasteiger partial charge in [-0.15, -0.1) is 0 Å². The predicted octanol–water partition coefficient (Wildman–Crippen LogP) is 3.92. The average molecular weight is 379 g/mol. The number of hydrogen-bond acceptors (Lipinski definition) is 2. The molecule has 0 aromatic heterocycles. The Kier molecular flexibility index (Phi) is 7.24. The molecule has 0 bridgehead atoms. The van der Waals surface area contributed by atoms with Gasteiger partial charge in [-0.3, -0.25) is 9.59 Å². The molecule has 1 heterocycles. The maximum absolute atomic E-state index is 13.0. The van der Waals surface area contributed by atoms with Crippen LogP contribution in [0.25, 0.3) is 0 Å². The second-order valence-corrected chi connectivity index (χ2v) is 7.52. The fourth-order valence-electron chi connectivity index (χ4n) is 3.91. The fraction of sp³-hybridized carbons (Fsp3) is 0.417. The molecule has 1 fully saturated rings. The highest BCUT2D eigenvalue weighted by Gasteiger charge is 2.28. The number of rotatable bonds is 7. The van der Waals surface area contributed by atoms with Gasteiger partial charge in [0.25, 0.3) is 0 Å². The van der Waals surface area contributed by atoms with E-state index in [1.165, 1.54) is 5.56 Å². The van der Waals surface area contributed by atoms with Crippen LogP contribution in [0.15, 0.2) is 60.7 Å². The van der Waals surface area contributed by atoms with Crippen LogP contribution < -0.4 is 5.32 Å². The molecule has 2 amide bonds. The van der Waals surface area contributed by atoms with E-state index in [1.54, 1.807) is 0 Å². The van der Waals surface area contributed by atoms with Crippen molar-refractivity contribution in [2.45, 2.75) is 51.0 Å². The highest BCUT2D eigenvalue weighted by molar-refractivity contribution is 5.84. The van der Waals surface area contributed by atoms with E-state index >= 15 is 0 Å². The first-order valence-corrected chi connectivity index (χ1v) is 10.3. The van der Waals surface area contributed by atoms with Crippen LogP contribution in [0, 0.1) is 0 Å². The number of amides is 2. The van der Waals surface area contributed by atoms with Crippen molar-refractivity contribution in [2.24, 2.45) is 0 Å². The summed E-state index contributed by atoms with van der Waals surface area (Å²) in [6.45, 7) is 3.49. The van der Waals surface area contributed by atoms with Crippen LogP contribution in [0.3, 0.4) is 0 Å². The van der Waals surface area contributed by atoms with Gasteiger partial charge >= 0.3 is 0 Å². The van der Waals surface area contributed by atoms with Crippen LogP contribution in [-0.2, 0) is 16.0 Å². The van der Waals surface area contributed by atoms with E-state index in [-0.39, 0.29) is 23.8 Å². The lowest BCUT2D eigenvalue weighted by Crippen LogP contribution is -2.47. The first kappa shape index (κ1) is 20.1. The molecular weight excluding hydrogens is 348 g/mol. The van der Waals surface area contributed by atoms with Gasteiger partial charge in [0, 0.05) is 25.6 Å². The molecule has 0 saturated carbocycles. The number of likely N-dealkylation sites (tertiary alicyclic amines) is 1. The zero-order valence-corrected chi connectivity index (χ0v) is 16.6. The Balaban J connectivity index is 1.44. The molecule has 1 N–H and O–H groups in total. The SMILES string of the molecule is CC[C@@H](C(=O)N1CCC(NC(=O)CCc2ccccc2)CC1)c1ccccc1. The number of nitrogens with zero attached hydrogens (tertiary/aromatic N) is 1. The van der Waals surface area contributed by atoms with Gasteiger partial charge in [-0.1, -0.05) is 67.6 Å². The van der Waals surface area contributed by atoms with Crippen molar-refractivity contribution in [3.8, 4) is 0 Å². The summed E-state index contributed by atoms with van der Waals surface area (Å²) in [6.07, 6.45) is 3.73. The van der Waals surface area contributed by atoms with Crippen LogP contribution in [0.1, 0.15) is 49.7 Å². The lowest BCUT2D eigenvalue weighted by molar-refractivity contribution is -0.134. The minimum absolute atomic E-state index is 0.0711. The third-order valence-electron chi connectivity index (χ3n) is 5.56. The Labute approximate surface area is 167 Å². The molecule has 1 saturated heterocycles. The van der Waals surface area contributed by atoms with Gasteiger partial charge in [0.15, 0.2) is 0 Å². The average Bonchev–Trinajstić information content (AvgIpc) is 2.75. The summed E-state index contributed by atoms with van der Waals surface area (Å²) in [5, 5.41) is 3.15. The molecule has 0 radical (unpaired) electrons. The van der Waals surface area contributed by atoms with E-state index in [9.17, 15) is 9.59 Å². The Hall–Kier alpha value is -2.62. The van der Waals surface area contributed by atoms with Gasteiger partial charge in [-0.2, -0.15) is 0 Å². The number of piperidine rings is 1. The van der Waals surface area contributed by atoms with Crippen molar-refractivity contribution in [1.82, 2.24) is 10.2 Å². The van der Waals surface area contributed by atoms with Crippen LogP contribution >= 0.6 is 0 Å². The standard InChI is InChI=1S/C24H30N2O2/c1-2-22(20-11-7-4-8-12-20)24(28)26-17-15-21(16-18-26)25-23(27)14-13-19-9-5-3-6-10-19/h3-12,21-22H,2,13-18H2,1H3,(H,25,27)/t22-/m1/s1. The first-order valence-electron chi connectivity index (χ1n) is 10.3. The van der Waals surface area contributed by atoms with Crippen LogP contribution in [-0.4, -0.2) is 35.8 Å². The van der Waals surface area contributed by atoms with Crippen molar-refractivity contribution in [3.05, 3.63) is 71.8 Å². The summed E-state index contributed by atoms with van der Waals surface area (Å²) in [7, 11) is 0. The Bertz CT molecular complexity index is 753. The first-order chi connectivity index (χ1) is 13.7. The van der Waals surface area contributed by atoms with Gasteiger partial charge in [-0.25, -0.2) is 0 Å². The van der Waals surface area contributed by atoms with E-state index in [0.29, 0.717) is 19.5 Å². The molecule has 1 aliphatic heterocycles. The fourth-order valence-corrected chi connectivity index (χ4v) is 3.91. The Morgan fingerprint density at radius 2 is 1.61 bits per heavy atom. The van der Waals surface area contributed by atoms with Crippen molar-refractivity contribution in [3.63, 3.8) is 0 Å². The van der Waals surface area contributed by atoms with Crippen LogP contribution in [0.5, 0.6) is 0 Å². The predicted molar refractivity (Wildman–Crippen MR) is 112 cm³/mol. The molecule has 1 atom stereocenters. The lowest BCUT2D eigenvalue weighted by Gasteiger charge is -2.34. The van der Waals surface area contributed by atoms with E-state index < -0.39 is 0 Å². The van der Waals surface area contributed by atoms with Crippen LogP contribution in [0.2, 0.25) is 0 Å². The summed E-state index contributed by atoms with van der Waals surface area (Å²) in [5.74, 6) is 0.241. The molecule has 4 heteroatoms. The molecular formula is C24H30N2O2. The van der Waals surface area contributed by atoms with E-state index in [4.69, 9.17) is 0 Å². The van der Waals surface area contributed by atoms with Gasteiger partial charge in [0.1, 0.15) is 0 Å². The van der Waals surface area contributed by atoms with Crippen molar-refractivity contribution in [1.29, 1.82) is 0 Å². The number of carbonyl (C=O) groups is 2. The number of benzene rings is 2. The smallest absolute Gasteiger partial charge is 0.230 e. The molecule has 0 unspecified atom stereocenters. The van der Waals surface area contributed by atoms with Gasteiger partial charge in [-0.05, 0) is 36.8 Å². The second kappa shape index (κ2) is 10.1. The van der Waals surface area contributed by atoms with E-state index in [1.807, 2.05) is 65.6 Å². The molecule has 3 rings (SSSR count). The summed E-state index contributed by atoms with van der Waals surface area (Å²) in [5.41, 5.74) is 2.27. The van der Waals surface area contributed by atoms with Gasteiger partial charge in [0.05, 0.1) is 5.92 Å². The largest absolute Gasteiger partial charge is 0.353 e. The molecule has 0 aliphatic carbocycles. The van der Waals surface area contributed by atoms with E-state index in [0.717, 1.165) is 31.2 Å². The highest BCUT2D eigenvalue weighted by Crippen LogP contribution is 2.24. The second-order valence-electron chi connectivity index (χ2n) is 7.52. The molecule has 2 aromatic rings. The molecule has 148 valence electrons. The number of aryl methyl sites for hydroxylation is 1. The van der Waals surface area contributed by atoms with Crippen molar-refractivity contribution < 1.29 is 9.59 Å². The number of carbonyl (C=O) groups excluding carboxylic acids is 2. The third-order valence-corrected chi connectivity index (χ3v) is 5.56. The molecule has 1 aliphatic rings. The van der Waals surface area contributed by atoms with E-state index in [2.05, 4.69) is 12.2 Å². The minimum Gasteiger partial charge on any atom is -0.353 e. The third kappa shape index (κ3) is 5.44. The minimum atomic E-state index is -0.0711. The molecule has 28 heavy (non-hydrogen) atoms. The summed E-state index contributed by atoms with van der Waals surface area (Å²) in [4.78, 5) is 27.2. The summed E-state index contributed by atoms with van der Waals surface area (Å²) >= 11 is 0. The monoisotopic (exact) mass is 378 g/mol. The Morgan fingerprint density at radius 1 is 1.00 bits per heavy atom. The molecule has 2 aromatic carbocycles. The quantitative estimate of drug-likeness (QED) is 0.794. The van der Waals surface area contributed by atoms with Gasteiger partial charge in [0.2, 0.25) is 11.8 Å². The number of hydrogen-bond donors (Lipinski definition) is 1. The number of nitrogens with one attached hydrogen (secondary N) is 1. The van der Waals surface area contributed by atoms with Crippen LogP contribution in [0.4, 0.5) is 0 Å². The highest BCUT2D eigenvalue weighted by atomic mass is 16.2. The van der Waals surface area contributed by atoms with Crippen molar-refractivity contribution >= 4 is 11.8 Å².